The molecule has 0 bridgehead atoms. The molecular weight excluding hydrogens is 488 g/mol. The molecule has 1 unspecified atom stereocenters. The standard InChI is InChI=1S/C13H17F6N3O7S2/c1-5-29-10(23)11(2,21-7-6-20(3)8-21)9(28-4)22(30(24,25)12(14,15)16)31(26,27)13(17,18)19/h6-8H,5H2,1-4H3/q+2. The highest BCUT2D eigenvalue weighted by Gasteiger charge is 2.72. The number of ether oxygens (including phenoxy) is 2. The highest BCUT2D eigenvalue weighted by Crippen LogP contribution is 2.35. The van der Waals surface area contributed by atoms with Crippen molar-refractivity contribution in [2.45, 2.75) is 30.4 Å². The summed E-state index contributed by atoms with van der Waals surface area (Å²) in [6.07, 6.45) is 3.05. The van der Waals surface area contributed by atoms with Crippen LogP contribution in [0.15, 0.2) is 18.7 Å². The number of rotatable bonds is 6. The van der Waals surface area contributed by atoms with Crippen molar-refractivity contribution in [1.82, 2.24) is 4.57 Å². The molecule has 0 aliphatic heterocycles. The normalized spacial score (nSPS) is 15.2. The molecule has 1 atom stereocenters. The maximum absolute atomic E-state index is 13.2. The number of aromatic nitrogens is 2. The van der Waals surface area contributed by atoms with Crippen molar-refractivity contribution >= 4 is 31.9 Å². The second-order valence-electron chi connectivity index (χ2n) is 5.89. The zero-order valence-corrected chi connectivity index (χ0v) is 17.9. The summed E-state index contributed by atoms with van der Waals surface area (Å²) >= 11 is 0. The SMILES string of the molecule is CCOC(=O)C(C)(C(OC)=[N+](S(=O)(=O)C(F)(F)F)S(=O)(=O)C(F)(F)F)n1cc[n+](C)c1. The maximum Gasteiger partial charge on any atom is 0.561 e. The van der Waals surface area contributed by atoms with E-state index in [1.807, 2.05) is 0 Å². The minimum absolute atomic E-state index is 0.390. The first kappa shape index (κ1) is 26.7. The van der Waals surface area contributed by atoms with Crippen LogP contribution in [0.5, 0.6) is 0 Å². The van der Waals surface area contributed by atoms with Crippen LogP contribution in [-0.4, -0.2) is 61.4 Å². The Kier molecular flexibility index (Phi) is 7.13. The van der Waals surface area contributed by atoms with E-state index in [-0.39, 0.29) is 0 Å². The van der Waals surface area contributed by atoms with Crippen molar-refractivity contribution < 1.29 is 65.4 Å². The van der Waals surface area contributed by atoms with E-state index in [1.165, 1.54) is 24.7 Å². The Bertz CT molecular complexity index is 1040. The van der Waals surface area contributed by atoms with Gasteiger partial charge in [-0.1, -0.05) is 0 Å². The molecule has 0 radical (unpaired) electrons. The average Bonchev–Trinajstić information content (AvgIpc) is 3.03. The second kappa shape index (κ2) is 8.29. The van der Waals surface area contributed by atoms with Gasteiger partial charge in [-0.2, -0.15) is 43.2 Å². The van der Waals surface area contributed by atoms with Gasteiger partial charge < -0.3 is 9.47 Å². The summed E-state index contributed by atoms with van der Waals surface area (Å²) in [5.74, 6) is -3.65. The van der Waals surface area contributed by atoms with Crippen LogP contribution >= 0.6 is 0 Å². The number of nitrogens with zero attached hydrogens (tertiary/aromatic N) is 3. The monoisotopic (exact) mass is 505 g/mol. The first-order valence-electron chi connectivity index (χ1n) is 7.85. The van der Waals surface area contributed by atoms with Crippen LogP contribution < -0.4 is 4.57 Å². The molecule has 0 aliphatic rings. The fourth-order valence-electron chi connectivity index (χ4n) is 2.28. The van der Waals surface area contributed by atoms with Gasteiger partial charge in [0.2, 0.25) is 6.33 Å². The van der Waals surface area contributed by atoms with Gasteiger partial charge in [-0.25, -0.2) is 13.9 Å². The summed E-state index contributed by atoms with van der Waals surface area (Å²) < 4.78 is 136. The highest BCUT2D eigenvalue weighted by atomic mass is 32.3. The molecule has 0 N–H and O–H groups in total. The summed E-state index contributed by atoms with van der Waals surface area (Å²) in [5.41, 5.74) is -16.0. The molecule has 10 nitrogen and oxygen atoms in total. The van der Waals surface area contributed by atoms with Crippen LogP contribution in [0.4, 0.5) is 26.3 Å². The van der Waals surface area contributed by atoms with E-state index in [0.29, 0.717) is 18.6 Å². The van der Waals surface area contributed by atoms with Crippen molar-refractivity contribution in [3.63, 3.8) is 0 Å². The summed E-state index contributed by atoms with van der Waals surface area (Å²) in [6, 6.07) is 0. The quantitative estimate of drug-likeness (QED) is 0.180. The van der Waals surface area contributed by atoms with Crippen molar-refractivity contribution in [1.29, 1.82) is 0 Å². The number of esters is 1. The Labute approximate surface area is 172 Å². The number of methoxy groups -OCH3 is 1. The summed E-state index contributed by atoms with van der Waals surface area (Å²) in [5, 5.41) is 0. The molecule has 1 aromatic heterocycles. The summed E-state index contributed by atoms with van der Waals surface area (Å²) in [7, 11) is -12.8. The van der Waals surface area contributed by atoms with E-state index in [2.05, 4.69) is 9.47 Å². The number of alkyl halides is 6. The van der Waals surface area contributed by atoms with E-state index in [9.17, 15) is 48.0 Å². The molecule has 31 heavy (non-hydrogen) atoms. The predicted molar refractivity (Wildman–Crippen MR) is 88.1 cm³/mol. The van der Waals surface area contributed by atoms with Crippen molar-refractivity contribution in [3.05, 3.63) is 18.7 Å². The Balaban J connectivity index is 4.36. The van der Waals surface area contributed by atoms with Gasteiger partial charge in [0.05, 0.1) is 24.2 Å². The first-order chi connectivity index (χ1) is 13.8. The molecule has 0 aromatic carbocycles. The minimum atomic E-state index is -7.29. The van der Waals surface area contributed by atoms with Gasteiger partial charge in [-0.15, -0.1) is 0 Å². The fourth-order valence-corrected chi connectivity index (χ4v) is 5.13. The van der Waals surface area contributed by atoms with Crippen LogP contribution in [0, 0.1) is 0 Å². The second-order valence-corrected chi connectivity index (χ2v) is 9.67. The van der Waals surface area contributed by atoms with Crippen LogP contribution in [0.3, 0.4) is 0 Å². The van der Waals surface area contributed by atoms with Gasteiger partial charge in [-0.3, -0.25) is 0 Å². The molecule has 0 saturated carbocycles. The molecule has 178 valence electrons. The van der Waals surface area contributed by atoms with Crippen LogP contribution in [0.25, 0.3) is 0 Å². The van der Waals surface area contributed by atoms with Gasteiger partial charge in [-0.05, 0) is 6.92 Å². The van der Waals surface area contributed by atoms with E-state index in [1.54, 1.807) is 0 Å². The lowest BCUT2D eigenvalue weighted by Gasteiger charge is -2.22. The molecule has 1 heterocycles. The smallest absolute Gasteiger partial charge is 0.462 e. The Morgan fingerprint density at radius 3 is 1.81 bits per heavy atom. The number of sulfonamides is 2. The van der Waals surface area contributed by atoms with Gasteiger partial charge in [0.25, 0.3) is 0 Å². The number of aryl methyl sites for hydroxylation is 1. The number of halogens is 6. The van der Waals surface area contributed by atoms with Crippen LogP contribution in [0.2, 0.25) is 0 Å². The molecule has 0 amide bonds. The largest absolute Gasteiger partial charge is 0.561 e. The topological polar surface area (TPSA) is 116 Å². The molecule has 18 heteroatoms. The van der Waals surface area contributed by atoms with Gasteiger partial charge in [0.15, 0.2) is 0 Å². The zero-order valence-electron chi connectivity index (χ0n) is 16.2. The number of hydrogen-bond acceptors (Lipinski definition) is 7. The lowest BCUT2D eigenvalue weighted by atomic mass is 10.0. The Morgan fingerprint density at radius 1 is 1.06 bits per heavy atom. The van der Waals surface area contributed by atoms with Gasteiger partial charge in [0.1, 0.15) is 12.4 Å². The van der Waals surface area contributed by atoms with E-state index < -0.39 is 58.5 Å². The number of carbonyl (C=O) groups excluding carboxylic acids is 1. The number of carbonyl (C=O) groups is 1. The van der Waals surface area contributed by atoms with Crippen molar-refractivity contribution in [2.75, 3.05) is 13.7 Å². The lowest BCUT2D eigenvalue weighted by molar-refractivity contribution is -0.671. The van der Waals surface area contributed by atoms with Gasteiger partial charge >= 0.3 is 48.5 Å². The zero-order chi connectivity index (χ0) is 24.6. The Hall–Kier alpha value is -2.37. The molecule has 1 rings (SSSR count). The molecular formula is C13H17F6N3O7S2+2. The van der Waals surface area contributed by atoms with E-state index in [4.69, 9.17) is 0 Å². The average molecular weight is 505 g/mol. The molecule has 0 aliphatic carbocycles. The third-order valence-corrected chi connectivity index (χ3v) is 7.31. The third-order valence-electron chi connectivity index (χ3n) is 3.76. The fraction of sp³-hybridized carbons (Fsp3) is 0.615. The number of hydrogen-bond donors (Lipinski definition) is 0. The molecule has 0 fully saturated rings. The van der Waals surface area contributed by atoms with Crippen molar-refractivity contribution in [3.8, 4) is 0 Å². The van der Waals surface area contributed by atoms with Gasteiger partial charge in [0, 0.05) is 6.92 Å². The van der Waals surface area contributed by atoms with Crippen LogP contribution in [0.1, 0.15) is 13.8 Å². The molecule has 0 spiro atoms. The molecule has 0 saturated heterocycles. The summed E-state index contributed by atoms with van der Waals surface area (Å²) in [6.45, 7) is 1.41. The highest BCUT2D eigenvalue weighted by molar-refractivity contribution is 7.98. The lowest BCUT2D eigenvalue weighted by Crippen LogP contribution is -2.56. The first-order valence-corrected chi connectivity index (χ1v) is 10.7. The van der Waals surface area contributed by atoms with Crippen LogP contribution in [-0.2, 0) is 46.9 Å². The predicted octanol–water partition coefficient (Wildman–Crippen LogP) is 0.347. The molecule has 1 aromatic rings. The van der Waals surface area contributed by atoms with E-state index in [0.717, 1.165) is 12.5 Å². The third kappa shape index (κ3) is 4.48. The van der Waals surface area contributed by atoms with E-state index >= 15 is 0 Å². The minimum Gasteiger partial charge on any atom is -0.462 e. The van der Waals surface area contributed by atoms with Crippen molar-refractivity contribution in [2.24, 2.45) is 7.05 Å². The number of imidazole rings is 1. The summed E-state index contributed by atoms with van der Waals surface area (Å²) in [4.78, 5) is 12.6. The maximum atomic E-state index is 13.2. The Morgan fingerprint density at radius 2 is 1.52 bits per heavy atom.